The van der Waals surface area contributed by atoms with E-state index in [0.717, 1.165) is 11.1 Å². The van der Waals surface area contributed by atoms with E-state index in [0.29, 0.717) is 31.3 Å². The van der Waals surface area contributed by atoms with Crippen molar-refractivity contribution in [2.75, 3.05) is 32.1 Å². The Balaban J connectivity index is 1.39. The summed E-state index contributed by atoms with van der Waals surface area (Å²) in [7, 11) is -3.58. The first-order chi connectivity index (χ1) is 16.0. The molecule has 1 aromatic heterocycles. The van der Waals surface area contributed by atoms with Crippen LogP contribution in [-0.4, -0.2) is 55.7 Å². The van der Waals surface area contributed by atoms with Crippen LogP contribution in [0.1, 0.15) is 17.2 Å². The van der Waals surface area contributed by atoms with Gasteiger partial charge >= 0.3 is 0 Å². The molecule has 0 spiro atoms. The average Bonchev–Trinajstić information content (AvgIpc) is 2.88. The summed E-state index contributed by atoms with van der Waals surface area (Å²) in [5, 5.41) is 3.68. The highest BCUT2D eigenvalue weighted by Crippen LogP contribution is 2.23. The summed E-state index contributed by atoms with van der Waals surface area (Å²) < 4.78 is 32.1. The molecular weight excluding hydrogens is 458 g/mol. The Morgan fingerprint density at radius 2 is 1.58 bits per heavy atom. The van der Waals surface area contributed by atoms with Gasteiger partial charge in [0.2, 0.25) is 15.9 Å². The molecule has 0 unspecified atom stereocenters. The van der Waals surface area contributed by atoms with Crippen molar-refractivity contribution in [1.29, 1.82) is 0 Å². The minimum absolute atomic E-state index is 0.135. The number of nitrogens with zero attached hydrogens (tertiary/aromatic N) is 2. The first-order valence-electron chi connectivity index (χ1n) is 10.6. The number of hydrogen-bond donors (Lipinski definition) is 1. The topological polar surface area (TPSA) is 88.6 Å². The van der Waals surface area contributed by atoms with Crippen molar-refractivity contribution in [2.45, 2.75) is 16.0 Å². The van der Waals surface area contributed by atoms with Gasteiger partial charge in [0.15, 0.2) is 0 Å². The number of amides is 1. The number of aromatic nitrogens is 1. The van der Waals surface area contributed by atoms with Crippen LogP contribution in [0.15, 0.2) is 88.9 Å². The third-order valence-electron chi connectivity index (χ3n) is 5.24. The molecule has 2 heterocycles. The predicted octanol–water partition coefficient (Wildman–Crippen LogP) is 3.10. The normalized spacial score (nSPS) is 14.8. The summed E-state index contributed by atoms with van der Waals surface area (Å²) in [4.78, 5) is 17.1. The Morgan fingerprint density at radius 3 is 2.12 bits per heavy atom. The molecule has 1 saturated heterocycles. The van der Waals surface area contributed by atoms with Gasteiger partial charge in [0.05, 0.1) is 30.0 Å². The van der Waals surface area contributed by atoms with E-state index in [1.807, 2.05) is 60.7 Å². The third kappa shape index (κ3) is 6.00. The van der Waals surface area contributed by atoms with E-state index < -0.39 is 10.0 Å². The molecule has 4 rings (SSSR count). The number of pyridine rings is 1. The van der Waals surface area contributed by atoms with Gasteiger partial charge in [-0.05, 0) is 23.3 Å². The predicted molar refractivity (Wildman–Crippen MR) is 127 cm³/mol. The maximum absolute atomic E-state index is 12.7. The van der Waals surface area contributed by atoms with Crippen LogP contribution in [0, 0.1) is 0 Å². The lowest BCUT2D eigenvalue weighted by atomic mass is 9.99. The van der Waals surface area contributed by atoms with Gasteiger partial charge in [0, 0.05) is 19.3 Å². The number of nitrogens with one attached hydrogen (secondary N) is 1. The molecule has 2 aromatic carbocycles. The van der Waals surface area contributed by atoms with Crippen molar-refractivity contribution >= 4 is 27.7 Å². The summed E-state index contributed by atoms with van der Waals surface area (Å²) in [5.74, 6) is 0.0307. The second kappa shape index (κ2) is 10.9. The first-order valence-corrected chi connectivity index (χ1v) is 13.0. The van der Waals surface area contributed by atoms with E-state index in [1.165, 1.54) is 28.3 Å². The lowest BCUT2D eigenvalue weighted by molar-refractivity contribution is -0.119. The molecule has 1 N–H and O–H groups in total. The minimum Gasteiger partial charge on any atom is -0.379 e. The Bertz CT molecular complexity index is 1110. The maximum atomic E-state index is 12.7. The van der Waals surface area contributed by atoms with E-state index >= 15 is 0 Å². The maximum Gasteiger partial charge on any atom is 0.244 e. The zero-order valence-electron chi connectivity index (χ0n) is 18.0. The second-order valence-electron chi connectivity index (χ2n) is 7.46. The fourth-order valence-electron chi connectivity index (χ4n) is 3.53. The van der Waals surface area contributed by atoms with E-state index in [9.17, 15) is 13.2 Å². The molecule has 3 aromatic rings. The average molecular weight is 484 g/mol. The van der Waals surface area contributed by atoms with Crippen molar-refractivity contribution in [3.05, 3.63) is 90.1 Å². The fourth-order valence-corrected chi connectivity index (χ4v) is 5.54. The highest BCUT2D eigenvalue weighted by atomic mass is 32.2. The fraction of sp³-hybridized carbons (Fsp3) is 0.250. The number of benzene rings is 2. The van der Waals surface area contributed by atoms with Gasteiger partial charge < -0.3 is 10.1 Å². The summed E-state index contributed by atoms with van der Waals surface area (Å²) in [6.07, 6.45) is 1.35. The molecule has 7 nitrogen and oxygen atoms in total. The SMILES string of the molecule is O=C(CSc1ccc(S(=O)(=O)N2CCOCC2)cn1)NC(c1ccccc1)c1ccccc1. The third-order valence-corrected chi connectivity index (χ3v) is 8.07. The van der Waals surface area contributed by atoms with Crippen LogP contribution in [0.3, 0.4) is 0 Å². The molecule has 1 aliphatic heterocycles. The molecule has 172 valence electrons. The van der Waals surface area contributed by atoms with Crippen LogP contribution in [0.5, 0.6) is 0 Å². The molecule has 0 radical (unpaired) electrons. The largest absolute Gasteiger partial charge is 0.379 e. The minimum atomic E-state index is -3.58. The molecule has 33 heavy (non-hydrogen) atoms. The van der Waals surface area contributed by atoms with Crippen molar-refractivity contribution in [3.8, 4) is 0 Å². The molecule has 0 bridgehead atoms. The number of carbonyl (C=O) groups is 1. The van der Waals surface area contributed by atoms with Gasteiger partial charge in [-0.3, -0.25) is 4.79 Å². The number of ether oxygens (including phenoxy) is 1. The van der Waals surface area contributed by atoms with Gasteiger partial charge in [-0.1, -0.05) is 72.4 Å². The first kappa shape index (κ1) is 23.4. The molecule has 1 fully saturated rings. The number of morpholine rings is 1. The van der Waals surface area contributed by atoms with Gasteiger partial charge in [0.25, 0.3) is 0 Å². The number of thioether (sulfide) groups is 1. The zero-order valence-corrected chi connectivity index (χ0v) is 19.6. The highest BCUT2D eigenvalue weighted by molar-refractivity contribution is 7.99. The van der Waals surface area contributed by atoms with Crippen LogP contribution >= 0.6 is 11.8 Å². The summed E-state index contributed by atoms with van der Waals surface area (Å²) in [5.41, 5.74) is 2.00. The Hall–Kier alpha value is -2.72. The number of carbonyl (C=O) groups excluding carboxylic acids is 1. The zero-order chi connectivity index (χ0) is 23.1. The lowest BCUT2D eigenvalue weighted by Gasteiger charge is -2.25. The Kier molecular flexibility index (Phi) is 7.77. The summed E-state index contributed by atoms with van der Waals surface area (Å²) in [6, 6.07) is 22.5. The van der Waals surface area contributed by atoms with Gasteiger partial charge in [-0.15, -0.1) is 0 Å². The summed E-state index contributed by atoms with van der Waals surface area (Å²) in [6.45, 7) is 1.46. The molecule has 0 atom stereocenters. The summed E-state index contributed by atoms with van der Waals surface area (Å²) >= 11 is 1.26. The van der Waals surface area contributed by atoms with Gasteiger partial charge in [-0.25, -0.2) is 13.4 Å². The smallest absolute Gasteiger partial charge is 0.244 e. The van der Waals surface area contributed by atoms with Crippen LogP contribution in [0.25, 0.3) is 0 Å². The molecule has 0 saturated carbocycles. The molecule has 0 aliphatic carbocycles. The van der Waals surface area contributed by atoms with Crippen LogP contribution < -0.4 is 5.32 Å². The Labute approximate surface area is 198 Å². The number of rotatable bonds is 8. The highest BCUT2D eigenvalue weighted by Gasteiger charge is 2.26. The van der Waals surface area contributed by atoms with Gasteiger partial charge in [0.1, 0.15) is 4.90 Å². The van der Waals surface area contributed by atoms with Crippen molar-refractivity contribution in [3.63, 3.8) is 0 Å². The van der Waals surface area contributed by atoms with Crippen LogP contribution in [-0.2, 0) is 19.6 Å². The van der Waals surface area contributed by atoms with E-state index in [4.69, 9.17) is 4.74 Å². The van der Waals surface area contributed by atoms with Crippen molar-refractivity contribution < 1.29 is 17.9 Å². The molecular formula is C24H25N3O4S2. The van der Waals surface area contributed by atoms with E-state index in [2.05, 4.69) is 10.3 Å². The Morgan fingerprint density at radius 1 is 0.970 bits per heavy atom. The van der Waals surface area contributed by atoms with E-state index in [-0.39, 0.29) is 22.6 Å². The van der Waals surface area contributed by atoms with Crippen LogP contribution in [0.4, 0.5) is 0 Å². The van der Waals surface area contributed by atoms with E-state index in [1.54, 1.807) is 6.07 Å². The number of hydrogen-bond acceptors (Lipinski definition) is 6. The van der Waals surface area contributed by atoms with Gasteiger partial charge in [-0.2, -0.15) is 4.31 Å². The molecule has 1 aliphatic rings. The van der Waals surface area contributed by atoms with Crippen LogP contribution in [0.2, 0.25) is 0 Å². The lowest BCUT2D eigenvalue weighted by Crippen LogP contribution is -2.40. The molecule has 1 amide bonds. The second-order valence-corrected chi connectivity index (χ2v) is 10.4. The number of sulfonamides is 1. The standard InChI is InChI=1S/C24H25N3O4S2/c28-22(26-24(19-7-3-1-4-8-19)20-9-5-2-6-10-20)18-32-23-12-11-21(17-25-23)33(29,30)27-13-15-31-16-14-27/h1-12,17,24H,13-16,18H2,(H,26,28). The molecule has 9 heteroatoms. The monoisotopic (exact) mass is 483 g/mol. The quantitative estimate of drug-likeness (QED) is 0.496. The van der Waals surface area contributed by atoms with Crippen molar-refractivity contribution in [2.24, 2.45) is 0 Å². The van der Waals surface area contributed by atoms with Crippen molar-refractivity contribution in [1.82, 2.24) is 14.6 Å².